The molecule has 0 heterocycles. The van der Waals surface area contributed by atoms with Gasteiger partial charge in [0.15, 0.2) is 0 Å². The second-order valence-corrected chi connectivity index (χ2v) is 10.2. The molecule has 150 valence electrons. The molecular formula is C24H24Cl2O2Zr. The summed E-state index contributed by atoms with van der Waals surface area (Å²) >= 11 is -0.839. The van der Waals surface area contributed by atoms with Gasteiger partial charge in [0.2, 0.25) is 0 Å². The SMILES string of the molecule is COc1cccc(C2=[C]([Zr][C]3=C(c4cccc(OC)c4)C=CC3)CC=C2)c1.Cl.Cl. The van der Waals surface area contributed by atoms with Gasteiger partial charge in [0.25, 0.3) is 0 Å². The number of hydrogen-bond donors (Lipinski definition) is 0. The molecular weight excluding hydrogens is 482 g/mol. The van der Waals surface area contributed by atoms with E-state index >= 15 is 0 Å². The van der Waals surface area contributed by atoms with Crippen LogP contribution in [0.1, 0.15) is 24.0 Å². The van der Waals surface area contributed by atoms with E-state index in [4.69, 9.17) is 9.47 Å². The van der Waals surface area contributed by atoms with E-state index in [0.29, 0.717) is 0 Å². The van der Waals surface area contributed by atoms with Crippen LogP contribution in [0, 0.1) is 0 Å². The first-order chi connectivity index (χ1) is 13.3. The number of hydrogen-bond acceptors (Lipinski definition) is 2. The van der Waals surface area contributed by atoms with Crippen molar-refractivity contribution in [3.63, 3.8) is 0 Å². The van der Waals surface area contributed by atoms with Crippen molar-refractivity contribution in [3.05, 3.63) is 90.5 Å². The molecule has 0 atom stereocenters. The molecule has 0 unspecified atom stereocenters. The molecule has 0 saturated carbocycles. The van der Waals surface area contributed by atoms with E-state index in [0.717, 1.165) is 24.3 Å². The van der Waals surface area contributed by atoms with E-state index in [1.807, 2.05) is 12.1 Å². The third-order valence-electron chi connectivity index (χ3n) is 4.93. The molecule has 0 N–H and O–H groups in total. The molecule has 2 aliphatic carbocycles. The zero-order valence-corrected chi connectivity index (χ0v) is 20.6. The van der Waals surface area contributed by atoms with Crippen molar-refractivity contribution < 1.29 is 32.7 Å². The molecule has 5 heteroatoms. The van der Waals surface area contributed by atoms with E-state index in [1.54, 1.807) is 20.8 Å². The molecule has 0 radical (unpaired) electrons. The van der Waals surface area contributed by atoms with Crippen LogP contribution in [-0.2, 0) is 23.2 Å². The quantitative estimate of drug-likeness (QED) is 0.436. The fourth-order valence-electron chi connectivity index (χ4n) is 3.55. The van der Waals surface area contributed by atoms with Gasteiger partial charge in [0.1, 0.15) is 0 Å². The maximum Gasteiger partial charge on any atom is -0.147 e. The molecule has 0 fully saturated rings. The maximum absolute atomic E-state index is 5.42. The minimum Gasteiger partial charge on any atom is -0.147 e. The Morgan fingerprint density at radius 1 is 0.690 bits per heavy atom. The Bertz CT molecular complexity index is 910. The van der Waals surface area contributed by atoms with Crippen LogP contribution in [0.5, 0.6) is 11.5 Å². The Labute approximate surface area is 196 Å². The third-order valence-corrected chi connectivity index (χ3v) is 8.74. The van der Waals surface area contributed by atoms with Crippen molar-refractivity contribution in [2.45, 2.75) is 12.8 Å². The average molecular weight is 507 g/mol. The van der Waals surface area contributed by atoms with Crippen molar-refractivity contribution in [2.75, 3.05) is 14.2 Å². The van der Waals surface area contributed by atoms with E-state index in [2.05, 4.69) is 60.7 Å². The van der Waals surface area contributed by atoms with Crippen molar-refractivity contribution in [3.8, 4) is 11.5 Å². The number of methoxy groups -OCH3 is 2. The Kier molecular flexibility index (Phi) is 9.02. The summed E-state index contributed by atoms with van der Waals surface area (Å²) in [7, 11) is 3.45. The minimum atomic E-state index is -0.839. The molecule has 29 heavy (non-hydrogen) atoms. The van der Waals surface area contributed by atoms with Crippen LogP contribution in [0.3, 0.4) is 0 Å². The van der Waals surface area contributed by atoms with Crippen molar-refractivity contribution in [2.24, 2.45) is 0 Å². The zero-order valence-electron chi connectivity index (χ0n) is 16.5. The molecule has 2 aliphatic rings. The Morgan fingerprint density at radius 3 is 1.55 bits per heavy atom. The minimum absolute atomic E-state index is 0. The van der Waals surface area contributed by atoms with E-state index in [1.165, 1.54) is 22.3 Å². The van der Waals surface area contributed by atoms with Gasteiger partial charge in [-0.3, -0.25) is 0 Å². The normalized spacial score (nSPS) is 14.6. The van der Waals surface area contributed by atoms with Gasteiger partial charge >= 0.3 is 173 Å². The molecule has 0 aliphatic heterocycles. The molecule has 4 rings (SSSR count). The second kappa shape index (κ2) is 11.0. The smallest absolute Gasteiger partial charge is 0.147 e. The monoisotopic (exact) mass is 504 g/mol. The van der Waals surface area contributed by atoms with Gasteiger partial charge in [-0.25, -0.2) is 0 Å². The van der Waals surface area contributed by atoms with E-state index in [9.17, 15) is 0 Å². The number of benzene rings is 2. The topological polar surface area (TPSA) is 18.5 Å². The molecule has 2 aromatic carbocycles. The second-order valence-electron chi connectivity index (χ2n) is 6.59. The first kappa shape index (κ1) is 23.7. The summed E-state index contributed by atoms with van der Waals surface area (Å²) in [5.41, 5.74) is 5.36. The third kappa shape index (κ3) is 5.34. The average Bonchev–Trinajstić information content (AvgIpc) is 3.38. The summed E-state index contributed by atoms with van der Waals surface area (Å²) in [5.74, 6) is 1.84. The van der Waals surface area contributed by atoms with Crippen LogP contribution in [0.25, 0.3) is 11.1 Å². The first-order valence-electron chi connectivity index (χ1n) is 9.14. The van der Waals surface area contributed by atoms with Crippen molar-refractivity contribution >= 4 is 36.0 Å². The summed E-state index contributed by atoms with van der Waals surface area (Å²) in [5, 5.41) is 0. The Balaban J connectivity index is 0.00000150. The molecule has 2 nitrogen and oxygen atoms in total. The fourth-order valence-corrected chi connectivity index (χ4v) is 7.31. The Hall–Kier alpha value is -1.54. The summed E-state index contributed by atoms with van der Waals surface area (Å²) in [6.45, 7) is 0. The molecule has 0 amide bonds. The summed E-state index contributed by atoms with van der Waals surface area (Å²) in [6.07, 6.45) is 11.4. The van der Waals surface area contributed by atoms with Gasteiger partial charge in [0, 0.05) is 0 Å². The van der Waals surface area contributed by atoms with Gasteiger partial charge in [0.05, 0.1) is 0 Å². The van der Waals surface area contributed by atoms with Crippen molar-refractivity contribution in [1.29, 1.82) is 0 Å². The molecule has 2 aromatic rings. The predicted octanol–water partition coefficient (Wildman–Crippen LogP) is 6.67. The molecule has 0 saturated heterocycles. The fraction of sp³-hybridized carbons (Fsp3) is 0.167. The number of ether oxygens (including phenoxy) is 2. The van der Waals surface area contributed by atoms with Gasteiger partial charge in [-0.05, 0) is 0 Å². The zero-order chi connectivity index (χ0) is 18.6. The Morgan fingerprint density at radius 2 is 1.14 bits per heavy atom. The van der Waals surface area contributed by atoms with Crippen LogP contribution >= 0.6 is 24.8 Å². The van der Waals surface area contributed by atoms with Crippen LogP contribution in [0.15, 0.2) is 79.4 Å². The first-order valence-corrected chi connectivity index (χ1v) is 11.6. The molecule has 0 aromatic heterocycles. The predicted molar refractivity (Wildman–Crippen MR) is 122 cm³/mol. The van der Waals surface area contributed by atoms with Crippen LogP contribution in [-0.4, -0.2) is 14.2 Å². The number of allylic oxidation sites excluding steroid dienone is 8. The maximum atomic E-state index is 5.42. The van der Waals surface area contributed by atoms with E-state index < -0.39 is 23.2 Å². The number of rotatable bonds is 6. The summed E-state index contributed by atoms with van der Waals surface area (Å²) in [4.78, 5) is 0. The summed E-state index contributed by atoms with van der Waals surface area (Å²) in [6, 6.07) is 16.8. The van der Waals surface area contributed by atoms with Gasteiger partial charge < -0.3 is 0 Å². The van der Waals surface area contributed by atoms with Crippen LogP contribution in [0.2, 0.25) is 0 Å². The summed E-state index contributed by atoms with van der Waals surface area (Å²) < 4.78 is 14.1. The van der Waals surface area contributed by atoms with Crippen LogP contribution in [0.4, 0.5) is 0 Å². The largest absolute Gasteiger partial charge is 0.147 e. The standard InChI is InChI=1S/2C12H11O.2ClH.Zr/c2*1-13-12-8-4-7-11(9-12)10-5-2-3-6-10;;;/h2*2,4-5,7-9H,3H2,1H3;2*1H;. The molecule has 0 bridgehead atoms. The van der Waals surface area contributed by atoms with Crippen molar-refractivity contribution in [1.82, 2.24) is 0 Å². The van der Waals surface area contributed by atoms with Gasteiger partial charge in [-0.15, -0.1) is 24.8 Å². The number of halogens is 2. The van der Waals surface area contributed by atoms with Gasteiger partial charge in [-0.2, -0.15) is 0 Å². The van der Waals surface area contributed by atoms with Crippen LogP contribution < -0.4 is 9.47 Å². The van der Waals surface area contributed by atoms with Gasteiger partial charge in [-0.1, -0.05) is 0 Å². The molecule has 0 spiro atoms. The van der Waals surface area contributed by atoms with E-state index in [-0.39, 0.29) is 24.8 Å².